The lowest BCUT2D eigenvalue weighted by Gasteiger charge is -2.11. The molecule has 0 aliphatic heterocycles. The summed E-state index contributed by atoms with van der Waals surface area (Å²) in [5, 5.41) is 11.1. The first-order valence-electron chi connectivity index (χ1n) is 6.34. The molecule has 0 saturated carbocycles. The zero-order chi connectivity index (χ0) is 14.8. The molecule has 102 valence electrons. The summed E-state index contributed by atoms with van der Waals surface area (Å²) in [5.74, 6) is 1.31. The molecule has 0 aromatic heterocycles. The Morgan fingerprint density at radius 3 is 2.62 bits per heavy atom. The number of nitrogens with two attached hydrogens (primary N) is 1. The maximum absolute atomic E-state index is 8.88. The normalized spacial score (nSPS) is 10.3. The van der Waals surface area contributed by atoms with Gasteiger partial charge in [-0.2, -0.15) is 5.26 Å². The zero-order valence-electron chi connectivity index (χ0n) is 11.0. The van der Waals surface area contributed by atoms with Crippen LogP contribution in [0.2, 0.25) is 0 Å². The van der Waals surface area contributed by atoms with Crippen LogP contribution in [0.15, 0.2) is 59.1 Å². The minimum atomic E-state index is 0.409. The van der Waals surface area contributed by atoms with Crippen molar-refractivity contribution in [2.75, 3.05) is 5.73 Å². The Labute approximate surface area is 130 Å². The summed E-state index contributed by atoms with van der Waals surface area (Å²) in [6, 6.07) is 19.0. The highest BCUT2D eigenvalue weighted by molar-refractivity contribution is 9.10. The van der Waals surface area contributed by atoms with Gasteiger partial charge < -0.3 is 10.5 Å². The molecule has 0 aliphatic rings. The van der Waals surface area contributed by atoms with Crippen LogP contribution < -0.4 is 10.5 Å². The first-order chi connectivity index (χ1) is 10.2. The number of hydrogen-bond donors (Lipinski definition) is 1. The third-order valence-corrected chi connectivity index (χ3v) is 4.02. The van der Waals surface area contributed by atoms with Gasteiger partial charge in [0.1, 0.15) is 17.6 Å². The van der Waals surface area contributed by atoms with Crippen LogP contribution in [0.3, 0.4) is 0 Å². The second-order valence-electron chi connectivity index (χ2n) is 4.56. The van der Waals surface area contributed by atoms with Crippen molar-refractivity contribution in [3.05, 3.63) is 64.6 Å². The summed E-state index contributed by atoms with van der Waals surface area (Å²) in [6.07, 6.45) is 0. The van der Waals surface area contributed by atoms with Gasteiger partial charge in [-0.05, 0) is 44.9 Å². The fourth-order valence-corrected chi connectivity index (χ4v) is 2.70. The van der Waals surface area contributed by atoms with Gasteiger partial charge in [-0.25, -0.2) is 0 Å². The fraction of sp³-hybridized carbons (Fsp3) is 0. The van der Waals surface area contributed by atoms with Gasteiger partial charge in [0, 0.05) is 6.07 Å². The Morgan fingerprint density at radius 1 is 1.05 bits per heavy atom. The van der Waals surface area contributed by atoms with E-state index in [4.69, 9.17) is 15.7 Å². The molecule has 0 amide bonds. The van der Waals surface area contributed by atoms with Crippen molar-refractivity contribution < 1.29 is 4.74 Å². The molecule has 3 aromatic rings. The van der Waals surface area contributed by atoms with E-state index < -0.39 is 0 Å². The predicted octanol–water partition coefficient (Wildman–Crippen LogP) is 4.85. The van der Waals surface area contributed by atoms with Crippen molar-refractivity contribution in [2.45, 2.75) is 0 Å². The van der Waals surface area contributed by atoms with Gasteiger partial charge in [0.15, 0.2) is 0 Å². The smallest absolute Gasteiger partial charge is 0.142 e. The second-order valence-corrected chi connectivity index (χ2v) is 5.35. The van der Waals surface area contributed by atoms with E-state index in [1.807, 2.05) is 42.5 Å². The Hall–Kier alpha value is -2.51. The van der Waals surface area contributed by atoms with Crippen LogP contribution in [0, 0.1) is 11.3 Å². The molecule has 3 nitrogen and oxygen atoms in total. The van der Waals surface area contributed by atoms with Gasteiger partial charge in [-0.3, -0.25) is 0 Å². The number of benzene rings is 3. The van der Waals surface area contributed by atoms with E-state index in [0.717, 1.165) is 15.2 Å². The summed E-state index contributed by atoms with van der Waals surface area (Å²) < 4.78 is 6.75. The lowest BCUT2D eigenvalue weighted by molar-refractivity contribution is 0.481. The number of nitrogen functional groups attached to an aromatic ring is 1. The number of nitriles is 1. The molecular weight excluding hydrogens is 328 g/mol. The van der Waals surface area contributed by atoms with Crippen LogP contribution >= 0.6 is 15.9 Å². The van der Waals surface area contributed by atoms with Crippen LogP contribution in [-0.4, -0.2) is 0 Å². The minimum absolute atomic E-state index is 0.409. The molecule has 0 saturated heterocycles. The summed E-state index contributed by atoms with van der Waals surface area (Å²) >= 11 is 3.58. The van der Waals surface area contributed by atoms with Crippen LogP contribution in [-0.2, 0) is 0 Å². The van der Waals surface area contributed by atoms with Crippen LogP contribution in [0.1, 0.15) is 5.56 Å². The molecule has 4 heteroatoms. The van der Waals surface area contributed by atoms with Gasteiger partial charge in [0.25, 0.3) is 0 Å². The van der Waals surface area contributed by atoms with E-state index in [1.165, 1.54) is 0 Å². The third kappa shape index (κ3) is 2.56. The molecule has 3 aromatic carbocycles. The highest BCUT2D eigenvalue weighted by Gasteiger charge is 2.08. The van der Waals surface area contributed by atoms with Crippen LogP contribution in [0.5, 0.6) is 11.5 Å². The number of fused-ring (bicyclic) bond motifs is 1. The van der Waals surface area contributed by atoms with Gasteiger partial charge in [0.2, 0.25) is 0 Å². The maximum atomic E-state index is 8.88. The lowest BCUT2D eigenvalue weighted by Crippen LogP contribution is -1.92. The quantitative estimate of drug-likeness (QED) is 0.679. The predicted molar refractivity (Wildman–Crippen MR) is 87.3 cm³/mol. The number of hydrogen-bond acceptors (Lipinski definition) is 3. The fourth-order valence-electron chi connectivity index (χ4n) is 2.13. The van der Waals surface area contributed by atoms with E-state index in [1.54, 1.807) is 18.2 Å². The molecule has 2 N–H and O–H groups in total. The topological polar surface area (TPSA) is 59.0 Å². The Balaban J connectivity index is 2.00. The Morgan fingerprint density at radius 2 is 1.86 bits per heavy atom. The lowest BCUT2D eigenvalue weighted by atomic mass is 10.1. The number of ether oxygens (including phenoxy) is 1. The van der Waals surface area contributed by atoms with E-state index in [9.17, 15) is 0 Å². The first-order valence-corrected chi connectivity index (χ1v) is 7.13. The molecule has 21 heavy (non-hydrogen) atoms. The highest BCUT2D eigenvalue weighted by atomic mass is 79.9. The van der Waals surface area contributed by atoms with Gasteiger partial charge in [0.05, 0.1) is 15.7 Å². The van der Waals surface area contributed by atoms with E-state index >= 15 is 0 Å². The summed E-state index contributed by atoms with van der Waals surface area (Å²) in [5.41, 5.74) is 6.65. The number of halogens is 1. The summed E-state index contributed by atoms with van der Waals surface area (Å²) in [4.78, 5) is 0. The average Bonchev–Trinajstić information content (AvgIpc) is 2.51. The minimum Gasteiger partial charge on any atom is -0.456 e. The molecule has 0 unspecified atom stereocenters. The average molecular weight is 339 g/mol. The molecule has 0 fully saturated rings. The van der Waals surface area contributed by atoms with E-state index in [2.05, 4.69) is 15.9 Å². The summed E-state index contributed by atoms with van der Waals surface area (Å²) in [7, 11) is 0. The maximum Gasteiger partial charge on any atom is 0.142 e. The standard InChI is InChI=1S/C17H11BrN2O/c18-17-14-4-2-1-3-11(14)6-8-16(17)21-13-7-5-12(10-19)15(20)9-13/h1-9H,20H2. The van der Waals surface area contributed by atoms with Crippen molar-refractivity contribution in [1.29, 1.82) is 5.26 Å². The van der Waals surface area contributed by atoms with Crippen molar-refractivity contribution >= 4 is 32.4 Å². The summed E-state index contributed by atoms with van der Waals surface area (Å²) in [6.45, 7) is 0. The second kappa shape index (κ2) is 5.47. The van der Waals surface area contributed by atoms with Crippen molar-refractivity contribution in [1.82, 2.24) is 0 Å². The first kappa shape index (κ1) is 13.5. The van der Waals surface area contributed by atoms with Crippen molar-refractivity contribution in [3.63, 3.8) is 0 Å². The third-order valence-electron chi connectivity index (χ3n) is 3.20. The zero-order valence-corrected chi connectivity index (χ0v) is 12.6. The largest absolute Gasteiger partial charge is 0.456 e. The Bertz CT molecular complexity index is 868. The van der Waals surface area contributed by atoms with Crippen molar-refractivity contribution in [3.8, 4) is 17.6 Å². The molecule has 3 rings (SSSR count). The molecule has 0 atom stereocenters. The van der Waals surface area contributed by atoms with Crippen LogP contribution in [0.4, 0.5) is 5.69 Å². The number of anilines is 1. The molecule has 0 spiro atoms. The van der Waals surface area contributed by atoms with Crippen LogP contribution in [0.25, 0.3) is 10.8 Å². The number of nitrogens with zero attached hydrogens (tertiary/aromatic N) is 1. The van der Waals surface area contributed by atoms with E-state index in [-0.39, 0.29) is 0 Å². The van der Waals surface area contributed by atoms with Gasteiger partial charge >= 0.3 is 0 Å². The monoisotopic (exact) mass is 338 g/mol. The Kier molecular flexibility index (Phi) is 3.51. The molecule has 0 heterocycles. The van der Waals surface area contributed by atoms with E-state index in [0.29, 0.717) is 22.7 Å². The molecular formula is C17H11BrN2O. The van der Waals surface area contributed by atoms with Crippen molar-refractivity contribution in [2.24, 2.45) is 0 Å². The van der Waals surface area contributed by atoms with Gasteiger partial charge in [-0.1, -0.05) is 30.3 Å². The van der Waals surface area contributed by atoms with Gasteiger partial charge in [-0.15, -0.1) is 0 Å². The number of rotatable bonds is 2. The SMILES string of the molecule is N#Cc1ccc(Oc2ccc3ccccc3c2Br)cc1N. The molecule has 0 aliphatic carbocycles. The molecule has 0 bridgehead atoms. The molecule has 0 radical (unpaired) electrons. The highest BCUT2D eigenvalue weighted by Crippen LogP contribution is 2.36.